The average Bonchev–Trinajstić information content (AvgIpc) is 2.83. The molecule has 2 aliphatic heterocycles. The molecule has 0 spiro atoms. The molecule has 0 fully saturated rings. The third-order valence-electron chi connectivity index (χ3n) is 3.14. The Kier molecular flexibility index (Phi) is 2.89. The van der Waals surface area contributed by atoms with Crippen molar-refractivity contribution in [3.05, 3.63) is 40.3 Å². The molecule has 0 unspecified atom stereocenters. The van der Waals surface area contributed by atoms with Gasteiger partial charge in [-0.2, -0.15) is 4.39 Å². The zero-order valence-electron chi connectivity index (χ0n) is 10.2. The fraction of sp³-hybridized carbons (Fsp3) is 0.231. The predicted octanol–water partition coefficient (Wildman–Crippen LogP) is 2.59. The first-order valence-electron chi connectivity index (χ1n) is 5.87. The second-order valence-electron chi connectivity index (χ2n) is 4.41. The Bertz CT molecular complexity index is 626. The lowest BCUT2D eigenvalue weighted by atomic mass is 10.2. The number of benzene rings is 1. The van der Waals surface area contributed by atoms with Crippen molar-refractivity contribution < 1.29 is 9.18 Å². The minimum Gasteiger partial charge on any atom is -0.286 e. The lowest BCUT2D eigenvalue weighted by molar-refractivity contribution is -0.113. The Hall–Kier alpha value is -1.69. The summed E-state index contributed by atoms with van der Waals surface area (Å²) in [5.74, 6) is -0.575. The maximum Gasteiger partial charge on any atom is 0.262 e. The van der Waals surface area contributed by atoms with Crippen molar-refractivity contribution in [1.82, 2.24) is 4.90 Å². The normalized spacial score (nSPS) is 18.4. The van der Waals surface area contributed by atoms with Gasteiger partial charge in [-0.3, -0.25) is 14.7 Å². The van der Waals surface area contributed by atoms with Crippen molar-refractivity contribution in [2.45, 2.75) is 6.92 Å². The highest BCUT2D eigenvalue weighted by Crippen LogP contribution is 2.28. The highest BCUT2D eigenvalue weighted by atomic mass is 79.9. The van der Waals surface area contributed by atoms with Crippen molar-refractivity contribution in [2.75, 3.05) is 18.0 Å². The van der Waals surface area contributed by atoms with Crippen LogP contribution >= 0.6 is 15.9 Å². The first-order chi connectivity index (χ1) is 9.08. The number of hydrogen-bond donors (Lipinski definition) is 0. The molecule has 1 amide bonds. The number of guanidine groups is 1. The molecule has 1 aromatic carbocycles. The smallest absolute Gasteiger partial charge is 0.262 e. The Morgan fingerprint density at radius 3 is 2.95 bits per heavy atom. The Labute approximate surface area is 118 Å². The molecule has 3 rings (SSSR count). The first kappa shape index (κ1) is 12.3. The summed E-state index contributed by atoms with van der Waals surface area (Å²) in [6.07, 6.45) is 1.00. The van der Waals surface area contributed by atoms with E-state index in [2.05, 4.69) is 20.9 Å². The number of aryl methyl sites for hydroxylation is 1. The number of hydrogen-bond acceptors (Lipinski definition) is 3. The molecule has 98 valence electrons. The Morgan fingerprint density at radius 1 is 1.42 bits per heavy atom. The second kappa shape index (κ2) is 4.45. The van der Waals surface area contributed by atoms with Crippen molar-refractivity contribution in [2.24, 2.45) is 4.99 Å². The highest BCUT2D eigenvalue weighted by molar-refractivity contribution is 9.10. The van der Waals surface area contributed by atoms with E-state index in [1.165, 1.54) is 9.80 Å². The van der Waals surface area contributed by atoms with Crippen LogP contribution in [0.1, 0.15) is 5.56 Å². The third-order valence-corrected chi connectivity index (χ3v) is 4.03. The van der Waals surface area contributed by atoms with E-state index >= 15 is 0 Å². The largest absolute Gasteiger partial charge is 0.286 e. The minimum absolute atomic E-state index is 0.367. The van der Waals surface area contributed by atoms with E-state index in [1.54, 1.807) is 0 Å². The molecule has 0 radical (unpaired) electrons. The van der Waals surface area contributed by atoms with Crippen LogP contribution in [0.2, 0.25) is 0 Å². The van der Waals surface area contributed by atoms with E-state index in [4.69, 9.17) is 0 Å². The average molecular weight is 324 g/mol. The lowest BCUT2D eigenvalue weighted by Crippen LogP contribution is -2.47. The number of fused-ring (bicyclic) bond motifs is 1. The molecular formula is C13H11BrFN3O. The minimum atomic E-state index is -0.536. The van der Waals surface area contributed by atoms with E-state index in [1.807, 2.05) is 25.1 Å². The second-order valence-corrected chi connectivity index (χ2v) is 5.26. The summed E-state index contributed by atoms with van der Waals surface area (Å²) in [5, 5.41) is 0. The molecular weight excluding hydrogens is 313 g/mol. The number of carbonyl (C=O) groups is 1. The van der Waals surface area contributed by atoms with Gasteiger partial charge >= 0.3 is 0 Å². The van der Waals surface area contributed by atoms with Crippen LogP contribution in [0.4, 0.5) is 10.1 Å². The highest BCUT2D eigenvalue weighted by Gasteiger charge is 2.35. The van der Waals surface area contributed by atoms with Gasteiger partial charge in [0.05, 0.1) is 18.3 Å². The fourth-order valence-corrected chi connectivity index (χ4v) is 2.43. The number of amides is 1. The molecule has 0 bridgehead atoms. The number of anilines is 1. The monoisotopic (exact) mass is 323 g/mol. The maximum atomic E-state index is 13.7. The van der Waals surface area contributed by atoms with Crippen molar-refractivity contribution in [3.8, 4) is 0 Å². The molecule has 0 N–H and O–H groups in total. The number of rotatable bonds is 1. The van der Waals surface area contributed by atoms with Crippen LogP contribution in [0.25, 0.3) is 0 Å². The zero-order chi connectivity index (χ0) is 13.6. The lowest BCUT2D eigenvalue weighted by Gasteiger charge is -2.31. The number of nitrogens with zero attached hydrogens (tertiary/aromatic N) is 3. The molecule has 4 nitrogen and oxygen atoms in total. The Morgan fingerprint density at radius 2 is 2.21 bits per heavy atom. The summed E-state index contributed by atoms with van der Waals surface area (Å²) in [5.41, 5.74) is 1.70. The zero-order valence-corrected chi connectivity index (χ0v) is 11.8. The topological polar surface area (TPSA) is 35.9 Å². The first-order valence-corrected chi connectivity index (χ1v) is 6.66. The fourth-order valence-electron chi connectivity index (χ4n) is 2.18. The van der Waals surface area contributed by atoms with Crippen LogP contribution in [0.5, 0.6) is 0 Å². The van der Waals surface area contributed by atoms with Gasteiger partial charge in [0.2, 0.25) is 11.9 Å². The van der Waals surface area contributed by atoms with Gasteiger partial charge in [-0.1, -0.05) is 15.9 Å². The number of aliphatic imine (C=N–C) groups is 1. The van der Waals surface area contributed by atoms with Gasteiger partial charge in [-0.25, -0.2) is 4.90 Å². The van der Waals surface area contributed by atoms with Gasteiger partial charge in [0.1, 0.15) is 0 Å². The van der Waals surface area contributed by atoms with E-state index in [9.17, 15) is 9.18 Å². The summed E-state index contributed by atoms with van der Waals surface area (Å²) in [4.78, 5) is 19.1. The van der Waals surface area contributed by atoms with Crippen molar-refractivity contribution in [1.29, 1.82) is 0 Å². The van der Waals surface area contributed by atoms with E-state index in [0.29, 0.717) is 24.7 Å². The van der Waals surface area contributed by atoms with Crippen LogP contribution in [-0.2, 0) is 4.79 Å². The molecule has 1 aromatic rings. The molecule has 0 aromatic heterocycles. The van der Waals surface area contributed by atoms with Crippen molar-refractivity contribution in [3.63, 3.8) is 0 Å². The van der Waals surface area contributed by atoms with Gasteiger partial charge < -0.3 is 0 Å². The summed E-state index contributed by atoms with van der Waals surface area (Å²) in [7, 11) is 0. The number of carbonyl (C=O) groups excluding carboxylic acids is 1. The van der Waals surface area contributed by atoms with Gasteiger partial charge in [0, 0.05) is 11.0 Å². The molecule has 19 heavy (non-hydrogen) atoms. The Balaban J connectivity index is 2.08. The SMILES string of the molecule is Cc1cc(N2C(=O)C=C(F)N3CCN=C32)ccc1Br. The van der Waals surface area contributed by atoms with Gasteiger partial charge in [-0.15, -0.1) is 0 Å². The standard InChI is InChI=1S/C13H11BrFN3O/c1-8-6-9(2-3-10(8)14)18-12(19)7-11(15)17-5-4-16-13(17)18/h2-3,6-7H,4-5H2,1H3. The van der Waals surface area contributed by atoms with Crippen LogP contribution in [0.3, 0.4) is 0 Å². The molecule has 0 aliphatic carbocycles. The predicted molar refractivity (Wildman–Crippen MR) is 74.6 cm³/mol. The third kappa shape index (κ3) is 1.96. The van der Waals surface area contributed by atoms with Gasteiger partial charge in [-0.05, 0) is 30.7 Å². The summed E-state index contributed by atoms with van der Waals surface area (Å²) < 4.78 is 14.6. The van der Waals surface area contributed by atoms with Gasteiger partial charge in [0.15, 0.2) is 0 Å². The number of halogens is 2. The van der Waals surface area contributed by atoms with Crippen LogP contribution in [0, 0.1) is 6.92 Å². The van der Waals surface area contributed by atoms with Crippen LogP contribution in [0.15, 0.2) is 39.7 Å². The van der Waals surface area contributed by atoms with Crippen LogP contribution in [-0.4, -0.2) is 29.9 Å². The van der Waals surface area contributed by atoms with Crippen LogP contribution < -0.4 is 4.90 Å². The molecule has 2 aliphatic rings. The summed E-state index contributed by atoms with van der Waals surface area (Å²) in [6.45, 7) is 2.90. The van der Waals surface area contributed by atoms with E-state index < -0.39 is 11.9 Å². The molecule has 0 atom stereocenters. The van der Waals surface area contributed by atoms with Crippen molar-refractivity contribution >= 4 is 33.5 Å². The molecule has 6 heteroatoms. The quantitative estimate of drug-likeness (QED) is 0.745. The maximum absolute atomic E-state index is 13.7. The summed E-state index contributed by atoms with van der Waals surface area (Å²) in [6, 6.07) is 5.55. The summed E-state index contributed by atoms with van der Waals surface area (Å²) >= 11 is 3.42. The van der Waals surface area contributed by atoms with E-state index in [-0.39, 0.29) is 0 Å². The van der Waals surface area contributed by atoms with E-state index in [0.717, 1.165) is 16.1 Å². The molecule has 0 saturated heterocycles. The van der Waals surface area contributed by atoms with Gasteiger partial charge in [0.25, 0.3) is 5.91 Å². The molecule has 0 saturated carbocycles. The molecule has 2 heterocycles.